The van der Waals surface area contributed by atoms with Gasteiger partial charge in [0.15, 0.2) is 5.78 Å². The Hall–Kier alpha value is -0.750. The molecule has 4 heteroatoms. The second-order valence-electron chi connectivity index (χ2n) is 3.55. The van der Waals surface area contributed by atoms with Crippen LogP contribution in [-0.2, 0) is 6.42 Å². The van der Waals surface area contributed by atoms with Gasteiger partial charge < -0.3 is 0 Å². The molecule has 2 rings (SSSR count). The van der Waals surface area contributed by atoms with E-state index in [2.05, 4.69) is 43.5 Å². The third-order valence-corrected chi connectivity index (χ3v) is 3.73. The van der Waals surface area contributed by atoms with Gasteiger partial charge in [-0.15, -0.1) is 0 Å². The molecule has 2 nitrogen and oxygen atoms in total. The normalized spacial score (nSPS) is 10.2. The molecule has 1 aromatic heterocycles. The molecule has 2 aromatic rings. The van der Waals surface area contributed by atoms with Gasteiger partial charge >= 0.3 is 0 Å². The number of carbonyl (C=O) groups excluding carboxylic acids is 1. The van der Waals surface area contributed by atoms with Crippen LogP contribution in [-0.4, -0.2) is 10.8 Å². The van der Waals surface area contributed by atoms with Gasteiger partial charge in [0.1, 0.15) is 0 Å². The van der Waals surface area contributed by atoms with Gasteiger partial charge in [-0.05, 0) is 52.9 Å². The van der Waals surface area contributed by atoms with Crippen LogP contribution in [0.3, 0.4) is 0 Å². The second kappa shape index (κ2) is 5.73. The van der Waals surface area contributed by atoms with E-state index in [4.69, 9.17) is 0 Å². The number of nitrogens with zero attached hydrogens (tertiary/aromatic N) is 1. The first-order valence-electron chi connectivity index (χ1n) is 5.05. The Morgan fingerprint density at radius 2 is 2.12 bits per heavy atom. The summed E-state index contributed by atoms with van der Waals surface area (Å²) in [5.41, 5.74) is 1.54. The molecule has 0 atom stereocenters. The van der Waals surface area contributed by atoms with Gasteiger partial charge in [-0.2, -0.15) is 0 Å². The van der Waals surface area contributed by atoms with E-state index >= 15 is 0 Å². The van der Waals surface area contributed by atoms with Crippen LogP contribution in [0.1, 0.15) is 16.1 Å². The van der Waals surface area contributed by atoms with Crippen LogP contribution in [0.25, 0.3) is 0 Å². The van der Waals surface area contributed by atoms with Gasteiger partial charge in [0.2, 0.25) is 0 Å². The van der Waals surface area contributed by atoms with Crippen molar-refractivity contribution in [2.75, 3.05) is 0 Å². The van der Waals surface area contributed by atoms with E-state index in [1.165, 1.54) is 0 Å². The minimum atomic E-state index is 0.0920. The fraction of sp³-hybridized carbons (Fsp3) is 0.0769. The predicted molar refractivity (Wildman–Crippen MR) is 79.1 cm³/mol. The number of aromatic nitrogens is 1. The lowest BCUT2D eigenvalue weighted by atomic mass is 10.1. The third kappa shape index (κ3) is 3.35. The number of ketones is 1. The van der Waals surface area contributed by atoms with E-state index in [0.717, 1.165) is 19.3 Å². The summed E-state index contributed by atoms with van der Waals surface area (Å²) in [6.45, 7) is 0. The first-order valence-corrected chi connectivity index (χ1v) is 6.92. The Morgan fingerprint density at radius 3 is 2.82 bits per heavy atom. The maximum absolute atomic E-state index is 12.1. The zero-order valence-corrected chi connectivity index (χ0v) is 12.6. The fourth-order valence-electron chi connectivity index (χ4n) is 1.47. The third-order valence-electron chi connectivity index (χ3n) is 2.30. The molecule has 0 fully saturated rings. The van der Waals surface area contributed by atoms with Crippen LogP contribution in [0, 0.1) is 3.57 Å². The highest BCUT2D eigenvalue weighted by molar-refractivity contribution is 14.1. The molecule has 0 amide bonds. The van der Waals surface area contributed by atoms with Crippen molar-refractivity contribution in [2.24, 2.45) is 0 Å². The number of carbonyl (C=O) groups is 1. The summed E-state index contributed by atoms with van der Waals surface area (Å²) >= 11 is 5.55. The Kier molecular flexibility index (Phi) is 4.28. The molecule has 0 saturated carbocycles. The van der Waals surface area contributed by atoms with Gasteiger partial charge in [-0.3, -0.25) is 9.78 Å². The van der Waals surface area contributed by atoms with Crippen LogP contribution in [0.15, 0.2) is 47.1 Å². The van der Waals surface area contributed by atoms with Crippen molar-refractivity contribution in [1.82, 2.24) is 4.98 Å². The number of rotatable bonds is 3. The minimum absolute atomic E-state index is 0.0920. The summed E-state index contributed by atoms with van der Waals surface area (Å²) in [6, 6.07) is 11.3. The number of hydrogen-bond donors (Lipinski definition) is 0. The van der Waals surface area contributed by atoms with Crippen molar-refractivity contribution in [2.45, 2.75) is 6.42 Å². The van der Waals surface area contributed by atoms with Crippen LogP contribution in [0.2, 0.25) is 0 Å². The summed E-state index contributed by atoms with van der Waals surface area (Å²) in [4.78, 5) is 16.3. The van der Waals surface area contributed by atoms with Crippen LogP contribution in [0.4, 0.5) is 0 Å². The van der Waals surface area contributed by atoms with Gasteiger partial charge in [0.25, 0.3) is 0 Å². The molecule has 0 bridgehead atoms. The number of Topliss-reactive ketones (excluding diaryl/α,β-unsaturated/α-hetero) is 1. The molecule has 0 N–H and O–H groups in total. The molecule has 0 spiro atoms. The Morgan fingerprint density at radius 1 is 1.29 bits per heavy atom. The average molecular weight is 402 g/mol. The minimum Gasteiger partial charge on any atom is -0.294 e. The number of halogens is 2. The molecular formula is C13H9BrINO. The maximum Gasteiger partial charge on any atom is 0.169 e. The molecular weight excluding hydrogens is 393 g/mol. The first-order chi connectivity index (χ1) is 8.16. The summed E-state index contributed by atoms with van der Waals surface area (Å²) in [5.74, 6) is 0.0920. The molecule has 0 aliphatic heterocycles. The largest absolute Gasteiger partial charge is 0.294 e. The van der Waals surface area contributed by atoms with Crippen LogP contribution in [0.5, 0.6) is 0 Å². The molecule has 1 heterocycles. The Balaban J connectivity index is 2.23. The van der Waals surface area contributed by atoms with E-state index in [9.17, 15) is 4.79 Å². The fourth-order valence-corrected chi connectivity index (χ4v) is 2.47. The first kappa shape index (κ1) is 12.7. The number of hydrogen-bond acceptors (Lipinski definition) is 2. The van der Waals surface area contributed by atoms with Crippen molar-refractivity contribution in [3.05, 3.63) is 61.9 Å². The summed E-state index contributed by atoms with van der Waals surface area (Å²) < 4.78 is 1.88. The predicted octanol–water partition coefficient (Wildman–Crippen LogP) is 3.87. The lowest BCUT2D eigenvalue weighted by Crippen LogP contribution is -2.06. The van der Waals surface area contributed by atoms with Crippen molar-refractivity contribution >= 4 is 44.3 Å². The highest BCUT2D eigenvalue weighted by Crippen LogP contribution is 2.19. The molecule has 17 heavy (non-hydrogen) atoms. The maximum atomic E-state index is 12.1. The van der Waals surface area contributed by atoms with E-state index < -0.39 is 0 Å². The quantitative estimate of drug-likeness (QED) is 0.577. The zero-order valence-electron chi connectivity index (χ0n) is 8.86. The highest BCUT2D eigenvalue weighted by atomic mass is 127. The summed E-state index contributed by atoms with van der Waals surface area (Å²) in [5, 5.41) is 0. The lowest BCUT2D eigenvalue weighted by Gasteiger charge is -2.04. The SMILES string of the molecule is O=C(Cc1ccccn1)c1cc(Br)ccc1I. The zero-order chi connectivity index (χ0) is 12.3. The van der Waals surface area contributed by atoms with Crippen LogP contribution < -0.4 is 0 Å². The van der Waals surface area contributed by atoms with Gasteiger partial charge in [0, 0.05) is 25.5 Å². The second-order valence-corrected chi connectivity index (χ2v) is 5.62. The van der Waals surface area contributed by atoms with Crippen molar-refractivity contribution in [1.29, 1.82) is 0 Å². The highest BCUT2D eigenvalue weighted by Gasteiger charge is 2.11. The molecule has 1 aromatic carbocycles. The molecule has 0 unspecified atom stereocenters. The summed E-state index contributed by atoms with van der Waals surface area (Å²) in [6.07, 6.45) is 2.04. The number of pyridine rings is 1. The van der Waals surface area contributed by atoms with E-state index in [-0.39, 0.29) is 5.78 Å². The molecule has 0 saturated heterocycles. The topological polar surface area (TPSA) is 30.0 Å². The Bertz CT molecular complexity index is 542. The van der Waals surface area contributed by atoms with Crippen LogP contribution >= 0.6 is 38.5 Å². The molecule has 86 valence electrons. The number of benzene rings is 1. The molecule has 0 radical (unpaired) electrons. The monoisotopic (exact) mass is 401 g/mol. The lowest BCUT2D eigenvalue weighted by molar-refractivity contribution is 0.0991. The van der Waals surface area contributed by atoms with E-state index in [1.807, 2.05) is 36.4 Å². The van der Waals surface area contributed by atoms with Crippen molar-refractivity contribution in [3.63, 3.8) is 0 Å². The van der Waals surface area contributed by atoms with Crippen molar-refractivity contribution in [3.8, 4) is 0 Å². The molecule has 0 aliphatic rings. The molecule has 0 aliphatic carbocycles. The summed E-state index contributed by atoms with van der Waals surface area (Å²) in [7, 11) is 0. The van der Waals surface area contributed by atoms with Gasteiger partial charge in [-0.1, -0.05) is 22.0 Å². The average Bonchev–Trinajstić information content (AvgIpc) is 2.33. The Labute approximate surface area is 122 Å². The van der Waals surface area contributed by atoms with Gasteiger partial charge in [-0.25, -0.2) is 0 Å². The van der Waals surface area contributed by atoms with E-state index in [1.54, 1.807) is 6.20 Å². The van der Waals surface area contributed by atoms with Gasteiger partial charge in [0.05, 0.1) is 6.42 Å². The van der Waals surface area contributed by atoms with Crippen molar-refractivity contribution < 1.29 is 4.79 Å². The van der Waals surface area contributed by atoms with E-state index in [0.29, 0.717) is 6.42 Å². The smallest absolute Gasteiger partial charge is 0.169 e. The standard InChI is InChI=1S/C13H9BrINO/c14-9-4-5-12(15)11(7-9)13(17)8-10-3-1-2-6-16-10/h1-7H,8H2.